The molecule has 1 aliphatic rings. The van der Waals surface area contributed by atoms with Gasteiger partial charge in [-0.3, -0.25) is 19.3 Å². The van der Waals surface area contributed by atoms with E-state index in [2.05, 4.69) is 5.32 Å². The van der Waals surface area contributed by atoms with Crippen LogP contribution in [0.2, 0.25) is 0 Å². The fourth-order valence-electron chi connectivity index (χ4n) is 3.12. The van der Waals surface area contributed by atoms with Gasteiger partial charge in [0.25, 0.3) is 11.1 Å². The average Bonchev–Trinajstić information content (AvgIpc) is 3.06. The van der Waals surface area contributed by atoms with Crippen molar-refractivity contribution in [1.29, 1.82) is 0 Å². The lowest BCUT2D eigenvalue weighted by molar-refractivity contribution is -0.127. The monoisotopic (exact) mass is 462 g/mol. The van der Waals surface area contributed by atoms with Gasteiger partial charge in [-0.2, -0.15) is 0 Å². The minimum atomic E-state index is -0.536. The van der Waals surface area contributed by atoms with Gasteiger partial charge < -0.3 is 10.1 Å². The molecule has 4 rings (SSSR count). The molecule has 166 valence electrons. The first-order valence-electron chi connectivity index (χ1n) is 10.1. The SMILES string of the molecule is O=C(CN1C(=O)S/C(=C\c2cccc(OCc3ccccc3F)c2)C1=O)Nc1ccccc1. The number of hydrogen-bond donors (Lipinski definition) is 1. The van der Waals surface area contributed by atoms with Crippen molar-refractivity contribution >= 4 is 40.6 Å². The molecule has 0 aromatic heterocycles. The van der Waals surface area contributed by atoms with Crippen LogP contribution in [0.15, 0.2) is 83.8 Å². The lowest BCUT2D eigenvalue weighted by Crippen LogP contribution is -2.36. The predicted octanol–water partition coefficient (Wildman–Crippen LogP) is 5.08. The molecule has 3 aromatic carbocycles. The highest BCUT2D eigenvalue weighted by atomic mass is 32.2. The van der Waals surface area contributed by atoms with Gasteiger partial charge in [0.2, 0.25) is 5.91 Å². The summed E-state index contributed by atoms with van der Waals surface area (Å²) in [6, 6.07) is 22.0. The summed E-state index contributed by atoms with van der Waals surface area (Å²) in [7, 11) is 0. The van der Waals surface area contributed by atoms with E-state index in [1.165, 1.54) is 6.07 Å². The molecule has 1 fully saturated rings. The van der Waals surface area contributed by atoms with Crippen LogP contribution in [0.4, 0.5) is 14.9 Å². The van der Waals surface area contributed by atoms with Crippen molar-refractivity contribution in [2.45, 2.75) is 6.61 Å². The molecule has 8 heteroatoms. The third kappa shape index (κ3) is 5.67. The fraction of sp³-hybridized carbons (Fsp3) is 0.0800. The van der Waals surface area contributed by atoms with Crippen LogP contribution in [0.5, 0.6) is 5.75 Å². The van der Waals surface area contributed by atoms with Gasteiger partial charge in [-0.1, -0.05) is 48.5 Å². The summed E-state index contributed by atoms with van der Waals surface area (Å²) in [6.07, 6.45) is 1.57. The zero-order valence-electron chi connectivity index (χ0n) is 17.4. The van der Waals surface area contributed by atoms with Crippen LogP contribution in [-0.4, -0.2) is 28.5 Å². The van der Waals surface area contributed by atoms with Crippen LogP contribution < -0.4 is 10.1 Å². The average molecular weight is 463 g/mol. The quantitative estimate of drug-likeness (QED) is 0.496. The number of anilines is 1. The largest absolute Gasteiger partial charge is 0.489 e. The summed E-state index contributed by atoms with van der Waals surface area (Å²) in [6.45, 7) is -0.314. The first kappa shape index (κ1) is 22.3. The van der Waals surface area contributed by atoms with Gasteiger partial charge in [0, 0.05) is 11.3 Å². The Labute approximate surface area is 194 Å². The topological polar surface area (TPSA) is 75.7 Å². The molecule has 1 aliphatic heterocycles. The van der Waals surface area contributed by atoms with Crippen LogP contribution in [0.1, 0.15) is 11.1 Å². The minimum Gasteiger partial charge on any atom is -0.489 e. The number of thioether (sulfide) groups is 1. The predicted molar refractivity (Wildman–Crippen MR) is 125 cm³/mol. The number of ether oxygens (including phenoxy) is 1. The maximum absolute atomic E-state index is 13.8. The van der Waals surface area contributed by atoms with Gasteiger partial charge in [-0.15, -0.1) is 0 Å². The molecule has 1 N–H and O–H groups in total. The number of nitrogens with one attached hydrogen (secondary N) is 1. The number of imide groups is 1. The van der Waals surface area contributed by atoms with E-state index in [0.717, 1.165) is 16.7 Å². The van der Waals surface area contributed by atoms with E-state index >= 15 is 0 Å². The number of rotatable bonds is 7. The van der Waals surface area contributed by atoms with Gasteiger partial charge in [0.1, 0.15) is 24.7 Å². The molecule has 1 saturated heterocycles. The normalized spacial score (nSPS) is 14.6. The van der Waals surface area contributed by atoms with E-state index < -0.39 is 17.1 Å². The lowest BCUT2D eigenvalue weighted by Gasteiger charge is -2.12. The summed E-state index contributed by atoms with van der Waals surface area (Å²) >= 11 is 0.771. The third-order valence-electron chi connectivity index (χ3n) is 4.74. The molecule has 0 unspecified atom stereocenters. The van der Waals surface area contributed by atoms with Crippen LogP contribution in [0.25, 0.3) is 6.08 Å². The van der Waals surface area contributed by atoms with E-state index in [1.807, 2.05) is 6.07 Å². The van der Waals surface area contributed by atoms with E-state index in [9.17, 15) is 18.8 Å². The molecule has 3 amide bonds. The van der Waals surface area contributed by atoms with Crippen molar-refractivity contribution in [1.82, 2.24) is 4.90 Å². The van der Waals surface area contributed by atoms with Crippen molar-refractivity contribution in [2.75, 3.05) is 11.9 Å². The second-order valence-corrected chi connectivity index (χ2v) is 8.13. The Hall–Kier alpha value is -3.91. The van der Waals surface area contributed by atoms with Crippen molar-refractivity contribution in [3.63, 3.8) is 0 Å². The number of hydrogen-bond acceptors (Lipinski definition) is 5. The molecule has 1 heterocycles. The summed E-state index contributed by atoms with van der Waals surface area (Å²) < 4.78 is 19.4. The van der Waals surface area contributed by atoms with E-state index in [0.29, 0.717) is 22.6 Å². The Morgan fingerprint density at radius 3 is 2.55 bits per heavy atom. The van der Waals surface area contributed by atoms with Crippen LogP contribution in [0, 0.1) is 5.82 Å². The van der Waals surface area contributed by atoms with Crippen LogP contribution >= 0.6 is 11.8 Å². The number of amides is 3. The first-order valence-corrected chi connectivity index (χ1v) is 10.9. The molecular weight excluding hydrogens is 443 g/mol. The zero-order chi connectivity index (χ0) is 23.2. The Bertz CT molecular complexity index is 1230. The van der Waals surface area contributed by atoms with Gasteiger partial charge in [-0.05, 0) is 53.7 Å². The molecule has 6 nitrogen and oxygen atoms in total. The van der Waals surface area contributed by atoms with Crippen LogP contribution in [0.3, 0.4) is 0 Å². The first-order chi connectivity index (χ1) is 16.0. The van der Waals surface area contributed by atoms with Gasteiger partial charge >= 0.3 is 0 Å². The van der Waals surface area contributed by atoms with E-state index in [1.54, 1.807) is 72.8 Å². The molecule has 0 radical (unpaired) electrons. The van der Waals surface area contributed by atoms with Crippen molar-refractivity contribution in [3.05, 3.63) is 101 Å². The highest BCUT2D eigenvalue weighted by Crippen LogP contribution is 2.32. The summed E-state index contributed by atoms with van der Waals surface area (Å²) in [4.78, 5) is 38.4. The molecule has 0 atom stereocenters. The van der Waals surface area contributed by atoms with Crippen molar-refractivity contribution < 1.29 is 23.5 Å². The molecule has 0 aliphatic carbocycles. The second kappa shape index (κ2) is 10.1. The highest BCUT2D eigenvalue weighted by Gasteiger charge is 2.36. The Balaban J connectivity index is 1.41. The third-order valence-corrected chi connectivity index (χ3v) is 5.65. The zero-order valence-corrected chi connectivity index (χ0v) is 18.2. The smallest absolute Gasteiger partial charge is 0.294 e. The van der Waals surface area contributed by atoms with Gasteiger partial charge in [-0.25, -0.2) is 4.39 Å². The summed E-state index contributed by atoms with van der Waals surface area (Å²) in [5.41, 5.74) is 1.65. The van der Waals surface area contributed by atoms with E-state index in [4.69, 9.17) is 4.74 Å². The highest BCUT2D eigenvalue weighted by molar-refractivity contribution is 8.18. The molecular formula is C25H19FN2O4S. The maximum Gasteiger partial charge on any atom is 0.294 e. The standard InChI is InChI=1S/C25H19FN2O4S/c26-21-12-5-4-8-18(21)16-32-20-11-6-7-17(13-20)14-22-24(30)28(25(31)33-22)15-23(29)27-19-9-2-1-3-10-19/h1-14H,15-16H2,(H,27,29)/b22-14-. The van der Waals surface area contributed by atoms with Crippen molar-refractivity contribution in [3.8, 4) is 5.75 Å². The van der Waals surface area contributed by atoms with Gasteiger partial charge in [0.15, 0.2) is 0 Å². The van der Waals surface area contributed by atoms with E-state index in [-0.39, 0.29) is 23.9 Å². The lowest BCUT2D eigenvalue weighted by atomic mass is 10.2. The minimum absolute atomic E-state index is 0.0587. The number of para-hydroxylation sites is 1. The number of carbonyl (C=O) groups is 3. The Kier molecular flexibility index (Phi) is 6.85. The molecule has 3 aromatic rings. The Morgan fingerprint density at radius 1 is 1.00 bits per heavy atom. The van der Waals surface area contributed by atoms with Crippen LogP contribution in [-0.2, 0) is 16.2 Å². The Morgan fingerprint density at radius 2 is 1.76 bits per heavy atom. The summed E-state index contributed by atoms with van der Waals surface area (Å²) in [5, 5.41) is 2.14. The molecule has 33 heavy (non-hydrogen) atoms. The number of carbonyl (C=O) groups excluding carboxylic acids is 3. The number of benzene rings is 3. The van der Waals surface area contributed by atoms with Gasteiger partial charge in [0.05, 0.1) is 4.91 Å². The summed E-state index contributed by atoms with van der Waals surface area (Å²) in [5.74, 6) is -0.855. The molecule has 0 spiro atoms. The number of halogens is 1. The molecule has 0 bridgehead atoms. The fourth-order valence-corrected chi connectivity index (χ4v) is 3.96. The van der Waals surface area contributed by atoms with Crippen molar-refractivity contribution in [2.24, 2.45) is 0 Å². The second-order valence-electron chi connectivity index (χ2n) is 7.13. The maximum atomic E-state index is 13.8. The number of nitrogens with zero attached hydrogens (tertiary/aromatic N) is 1. The molecule has 0 saturated carbocycles.